The van der Waals surface area contributed by atoms with Crippen LogP contribution in [0.2, 0.25) is 0 Å². The highest BCUT2D eigenvalue weighted by atomic mass is 19.4. The Balaban J connectivity index is 1.97. The van der Waals surface area contributed by atoms with Crippen molar-refractivity contribution < 1.29 is 22.3 Å². The number of aryl methyl sites for hydroxylation is 1. The Morgan fingerprint density at radius 1 is 1.19 bits per heavy atom. The normalized spacial score (nSPS) is 11.8. The lowest BCUT2D eigenvalue weighted by molar-refractivity contribution is -0.137. The van der Waals surface area contributed by atoms with Crippen molar-refractivity contribution in [3.8, 4) is 11.5 Å². The van der Waals surface area contributed by atoms with Crippen molar-refractivity contribution in [2.24, 2.45) is 0 Å². The fourth-order valence-electron chi connectivity index (χ4n) is 1.99. The van der Waals surface area contributed by atoms with Crippen LogP contribution < -0.4 is 4.74 Å². The minimum atomic E-state index is -4.41. The van der Waals surface area contributed by atoms with Gasteiger partial charge in [0.15, 0.2) is 11.3 Å². The number of aromatic nitrogens is 1. The molecule has 0 radical (unpaired) electrons. The van der Waals surface area contributed by atoms with Gasteiger partial charge in [-0.05, 0) is 25.1 Å². The predicted octanol–water partition coefficient (Wildman–Crippen LogP) is 4.95. The second-order valence-electron chi connectivity index (χ2n) is 4.51. The molecule has 3 rings (SSSR count). The lowest BCUT2D eigenvalue weighted by Crippen LogP contribution is -2.04. The zero-order valence-electron chi connectivity index (χ0n) is 10.9. The Morgan fingerprint density at radius 2 is 2.00 bits per heavy atom. The molecule has 108 valence electrons. The average Bonchev–Trinajstić information content (AvgIpc) is 2.91. The van der Waals surface area contributed by atoms with Crippen LogP contribution in [0.25, 0.3) is 11.1 Å². The van der Waals surface area contributed by atoms with Crippen LogP contribution in [0.1, 0.15) is 11.1 Å². The molecule has 0 amide bonds. The SMILES string of the molecule is Cc1c(Oc2cccc(C(F)(F)F)c2)cnc2ccoc12. The lowest BCUT2D eigenvalue weighted by atomic mass is 10.2. The van der Waals surface area contributed by atoms with E-state index in [1.165, 1.54) is 24.6 Å². The zero-order chi connectivity index (χ0) is 15.0. The van der Waals surface area contributed by atoms with Crippen LogP contribution in [-0.2, 0) is 6.18 Å². The summed E-state index contributed by atoms with van der Waals surface area (Å²) < 4.78 is 48.8. The minimum Gasteiger partial charge on any atom is -0.462 e. The summed E-state index contributed by atoms with van der Waals surface area (Å²) in [5.41, 5.74) is 1.15. The van der Waals surface area contributed by atoms with Crippen molar-refractivity contribution in [1.82, 2.24) is 4.98 Å². The molecule has 2 aromatic heterocycles. The summed E-state index contributed by atoms with van der Waals surface area (Å²) >= 11 is 0. The van der Waals surface area contributed by atoms with E-state index < -0.39 is 11.7 Å². The molecule has 0 N–H and O–H groups in total. The summed E-state index contributed by atoms with van der Waals surface area (Å²) in [5, 5.41) is 0. The van der Waals surface area contributed by atoms with Crippen molar-refractivity contribution in [2.75, 3.05) is 0 Å². The average molecular weight is 293 g/mol. The number of furan rings is 1. The molecule has 0 aliphatic rings. The molecular weight excluding hydrogens is 283 g/mol. The maximum atomic E-state index is 12.7. The van der Waals surface area contributed by atoms with E-state index in [2.05, 4.69) is 4.98 Å². The molecular formula is C15H10F3NO2. The molecule has 0 unspecified atom stereocenters. The van der Waals surface area contributed by atoms with Crippen molar-refractivity contribution in [3.05, 3.63) is 53.9 Å². The number of hydrogen-bond acceptors (Lipinski definition) is 3. The van der Waals surface area contributed by atoms with E-state index in [0.29, 0.717) is 22.4 Å². The van der Waals surface area contributed by atoms with Crippen LogP contribution in [-0.4, -0.2) is 4.98 Å². The quantitative estimate of drug-likeness (QED) is 0.670. The highest BCUT2D eigenvalue weighted by molar-refractivity contribution is 5.77. The molecule has 0 spiro atoms. The summed E-state index contributed by atoms with van der Waals surface area (Å²) in [6, 6.07) is 6.41. The Bertz CT molecular complexity index is 793. The smallest absolute Gasteiger partial charge is 0.416 e. The summed E-state index contributed by atoms with van der Waals surface area (Å²) in [6.45, 7) is 1.76. The molecule has 2 heterocycles. The number of rotatable bonds is 2. The summed E-state index contributed by atoms with van der Waals surface area (Å²) in [5.74, 6) is 0.456. The van der Waals surface area contributed by atoms with Gasteiger partial charge < -0.3 is 9.15 Å². The maximum absolute atomic E-state index is 12.7. The standard InChI is InChI=1S/C15H10F3NO2/c1-9-13(8-19-12-5-6-20-14(9)12)21-11-4-2-3-10(7-11)15(16,17)18/h2-8H,1H3. The zero-order valence-corrected chi connectivity index (χ0v) is 10.9. The number of hydrogen-bond donors (Lipinski definition) is 0. The first-order valence-electron chi connectivity index (χ1n) is 6.13. The molecule has 0 atom stereocenters. The largest absolute Gasteiger partial charge is 0.462 e. The molecule has 0 aliphatic carbocycles. The third-order valence-corrected chi connectivity index (χ3v) is 3.06. The van der Waals surface area contributed by atoms with Crippen molar-refractivity contribution in [1.29, 1.82) is 0 Å². The van der Waals surface area contributed by atoms with Crippen LogP contribution in [0.5, 0.6) is 11.5 Å². The first kappa shape index (κ1) is 13.5. The molecule has 0 fully saturated rings. The van der Waals surface area contributed by atoms with Gasteiger partial charge in [0.25, 0.3) is 0 Å². The molecule has 3 nitrogen and oxygen atoms in total. The van der Waals surface area contributed by atoms with Gasteiger partial charge in [0.05, 0.1) is 18.0 Å². The Labute approximate surface area is 118 Å². The molecule has 6 heteroatoms. The van der Waals surface area contributed by atoms with E-state index in [1.54, 1.807) is 13.0 Å². The molecule has 21 heavy (non-hydrogen) atoms. The summed E-state index contributed by atoms with van der Waals surface area (Å²) in [6.07, 6.45) is -1.44. The number of alkyl halides is 3. The fraction of sp³-hybridized carbons (Fsp3) is 0.133. The number of fused-ring (bicyclic) bond motifs is 1. The van der Waals surface area contributed by atoms with Crippen LogP contribution in [0.4, 0.5) is 13.2 Å². The topological polar surface area (TPSA) is 35.3 Å². The minimum absolute atomic E-state index is 0.0978. The number of nitrogens with zero attached hydrogens (tertiary/aromatic N) is 1. The Kier molecular flexibility index (Phi) is 3.08. The number of ether oxygens (including phenoxy) is 1. The summed E-state index contributed by atoms with van der Waals surface area (Å²) in [7, 11) is 0. The first-order chi connectivity index (χ1) is 9.95. The third kappa shape index (κ3) is 2.56. The number of halogens is 3. The van der Waals surface area contributed by atoms with Gasteiger partial charge in [0.2, 0.25) is 0 Å². The van der Waals surface area contributed by atoms with Gasteiger partial charge in [-0.1, -0.05) is 6.07 Å². The van der Waals surface area contributed by atoms with Crippen molar-refractivity contribution >= 4 is 11.1 Å². The van der Waals surface area contributed by atoms with Crippen LogP contribution in [0, 0.1) is 6.92 Å². The lowest BCUT2D eigenvalue weighted by Gasteiger charge is -2.11. The van der Waals surface area contributed by atoms with Gasteiger partial charge in [-0.3, -0.25) is 0 Å². The highest BCUT2D eigenvalue weighted by Gasteiger charge is 2.30. The first-order valence-corrected chi connectivity index (χ1v) is 6.13. The molecule has 0 bridgehead atoms. The summed E-state index contributed by atoms with van der Waals surface area (Å²) in [4.78, 5) is 4.13. The van der Waals surface area contributed by atoms with E-state index in [0.717, 1.165) is 12.1 Å². The van der Waals surface area contributed by atoms with E-state index in [4.69, 9.17) is 9.15 Å². The van der Waals surface area contributed by atoms with Gasteiger partial charge in [-0.2, -0.15) is 13.2 Å². The van der Waals surface area contributed by atoms with Crippen molar-refractivity contribution in [2.45, 2.75) is 13.1 Å². The Hall–Kier alpha value is -2.50. The van der Waals surface area contributed by atoms with E-state index in [9.17, 15) is 13.2 Å². The molecule has 0 saturated heterocycles. The second-order valence-corrected chi connectivity index (χ2v) is 4.51. The molecule has 0 aliphatic heterocycles. The van der Waals surface area contributed by atoms with E-state index in [-0.39, 0.29) is 5.75 Å². The van der Waals surface area contributed by atoms with Crippen LogP contribution >= 0.6 is 0 Å². The van der Waals surface area contributed by atoms with E-state index >= 15 is 0 Å². The van der Waals surface area contributed by atoms with Crippen LogP contribution in [0.15, 0.2) is 47.2 Å². The molecule has 1 aromatic carbocycles. The van der Waals surface area contributed by atoms with Gasteiger partial charge in [-0.15, -0.1) is 0 Å². The fourth-order valence-corrected chi connectivity index (χ4v) is 1.99. The molecule has 3 aromatic rings. The number of benzene rings is 1. The Morgan fingerprint density at radius 3 is 2.76 bits per heavy atom. The molecule has 0 saturated carbocycles. The highest BCUT2D eigenvalue weighted by Crippen LogP contribution is 2.34. The third-order valence-electron chi connectivity index (χ3n) is 3.06. The van der Waals surface area contributed by atoms with Crippen molar-refractivity contribution in [3.63, 3.8) is 0 Å². The van der Waals surface area contributed by atoms with Gasteiger partial charge >= 0.3 is 6.18 Å². The maximum Gasteiger partial charge on any atom is 0.416 e. The van der Waals surface area contributed by atoms with Crippen LogP contribution in [0.3, 0.4) is 0 Å². The predicted molar refractivity (Wildman–Crippen MR) is 70.3 cm³/mol. The number of pyridine rings is 1. The second kappa shape index (κ2) is 4.80. The van der Waals surface area contributed by atoms with Gasteiger partial charge in [0, 0.05) is 11.6 Å². The van der Waals surface area contributed by atoms with Gasteiger partial charge in [0.1, 0.15) is 11.3 Å². The van der Waals surface area contributed by atoms with E-state index in [1.807, 2.05) is 0 Å². The monoisotopic (exact) mass is 293 g/mol. The van der Waals surface area contributed by atoms with Gasteiger partial charge in [-0.25, -0.2) is 4.98 Å².